The fourth-order valence-corrected chi connectivity index (χ4v) is 1.41. The fourth-order valence-electron chi connectivity index (χ4n) is 1.41. The van der Waals surface area contributed by atoms with E-state index in [1.165, 1.54) is 0 Å². The molecule has 2 N–H and O–H groups in total. The second-order valence-electron chi connectivity index (χ2n) is 3.81. The van der Waals surface area contributed by atoms with E-state index in [1.54, 1.807) is 0 Å². The summed E-state index contributed by atoms with van der Waals surface area (Å²) < 4.78 is 5.21. The normalized spacial score (nSPS) is 10.5. The van der Waals surface area contributed by atoms with Crippen molar-refractivity contribution in [3.05, 3.63) is 29.8 Å². The average molecular weight is 232 g/mol. The first-order valence-corrected chi connectivity index (χ1v) is 5.58. The predicted molar refractivity (Wildman–Crippen MR) is 66.6 cm³/mol. The second-order valence-corrected chi connectivity index (χ2v) is 3.81. The lowest BCUT2D eigenvalue weighted by Crippen LogP contribution is -2.16. The van der Waals surface area contributed by atoms with Crippen LogP contribution < -0.4 is 10.6 Å². The summed E-state index contributed by atoms with van der Waals surface area (Å²) in [4.78, 5) is 6.24. The number of anilines is 1. The Labute approximate surface area is 100 Å². The van der Waals surface area contributed by atoms with Gasteiger partial charge in [0.05, 0.1) is 0 Å². The Bertz CT molecular complexity index is 478. The van der Waals surface area contributed by atoms with Crippen molar-refractivity contribution in [2.24, 2.45) is 5.73 Å². The van der Waals surface area contributed by atoms with Gasteiger partial charge >= 0.3 is 0 Å². The van der Waals surface area contributed by atoms with Crippen molar-refractivity contribution in [1.82, 2.24) is 10.1 Å². The number of nitrogens with zero attached hydrogens (tertiary/aromatic N) is 3. The highest BCUT2D eigenvalue weighted by Crippen LogP contribution is 2.20. The molecule has 0 fully saturated rings. The molecule has 5 heteroatoms. The Kier molecular flexibility index (Phi) is 3.39. The highest BCUT2D eigenvalue weighted by molar-refractivity contribution is 5.54. The van der Waals surface area contributed by atoms with Crippen molar-refractivity contribution < 1.29 is 4.52 Å². The summed E-state index contributed by atoms with van der Waals surface area (Å²) in [5, 5.41) is 3.92. The van der Waals surface area contributed by atoms with Gasteiger partial charge in [-0.2, -0.15) is 4.98 Å². The number of aromatic nitrogens is 2. The number of hydrogen-bond acceptors (Lipinski definition) is 5. The minimum atomic E-state index is 0.531. The summed E-state index contributed by atoms with van der Waals surface area (Å²) in [5.74, 6) is 1.13. The van der Waals surface area contributed by atoms with Crippen LogP contribution in [0.2, 0.25) is 0 Å². The molecule has 0 aliphatic carbocycles. The van der Waals surface area contributed by atoms with E-state index in [4.69, 9.17) is 10.3 Å². The summed E-state index contributed by atoms with van der Waals surface area (Å²) in [6.07, 6.45) is 0. The van der Waals surface area contributed by atoms with Gasteiger partial charge in [-0.3, -0.25) is 0 Å². The average Bonchev–Trinajstić information content (AvgIpc) is 2.87. The minimum absolute atomic E-state index is 0.531. The first-order chi connectivity index (χ1) is 8.24. The highest BCUT2D eigenvalue weighted by atomic mass is 16.5. The molecule has 1 aromatic carbocycles. The lowest BCUT2D eigenvalue weighted by molar-refractivity contribution is 0.430. The van der Waals surface area contributed by atoms with Crippen LogP contribution in [0, 0.1) is 0 Å². The van der Waals surface area contributed by atoms with Crippen LogP contribution in [0.1, 0.15) is 12.5 Å². The van der Waals surface area contributed by atoms with E-state index in [2.05, 4.69) is 10.1 Å². The van der Waals surface area contributed by atoms with Gasteiger partial charge in [0.15, 0.2) is 0 Å². The molecular formula is C12H16N4O. The van der Waals surface area contributed by atoms with Crippen molar-refractivity contribution in [2.45, 2.75) is 13.5 Å². The van der Waals surface area contributed by atoms with Crippen LogP contribution in [0.5, 0.6) is 0 Å². The molecule has 0 unspecified atom stereocenters. The first-order valence-electron chi connectivity index (χ1n) is 5.58. The highest BCUT2D eigenvalue weighted by Gasteiger charge is 2.10. The van der Waals surface area contributed by atoms with Gasteiger partial charge in [0.2, 0.25) is 0 Å². The van der Waals surface area contributed by atoms with Gasteiger partial charge in [0, 0.05) is 25.7 Å². The lowest BCUT2D eigenvalue weighted by Gasteiger charge is -2.08. The van der Waals surface area contributed by atoms with E-state index in [0.29, 0.717) is 18.4 Å². The summed E-state index contributed by atoms with van der Waals surface area (Å²) in [6, 6.07) is 7.79. The fraction of sp³-hybridized carbons (Fsp3) is 0.333. The van der Waals surface area contributed by atoms with Gasteiger partial charge in [-0.05, 0) is 29.8 Å². The smallest absolute Gasteiger partial charge is 0.266 e. The number of hydrogen-bond donors (Lipinski definition) is 1. The van der Waals surface area contributed by atoms with Crippen LogP contribution in [0.3, 0.4) is 0 Å². The molecule has 2 aromatic rings. The molecule has 5 nitrogen and oxygen atoms in total. The second kappa shape index (κ2) is 4.97. The molecule has 0 spiro atoms. The molecule has 2 rings (SSSR count). The molecule has 0 bridgehead atoms. The van der Waals surface area contributed by atoms with Gasteiger partial charge in [-0.25, -0.2) is 0 Å². The van der Waals surface area contributed by atoms with Crippen molar-refractivity contribution in [3.8, 4) is 11.5 Å². The lowest BCUT2D eigenvalue weighted by atomic mass is 10.1. The van der Waals surface area contributed by atoms with Crippen molar-refractivity contribution >= 4 is 5.95 Å². The van der Waals surface area contributed by atoms with Crippen molar-refractivity contribution in [1.29, 1.82) is 0 Å². The van der Waals surface area contributed by atoms with E-state index in [9.17, 15) is 0 Å². The maximum atomic E-state index is 5.54. The quantitative estimate of drug-likeness (QED) is 0.868. The molecule has 0 aliphatic heterocycles. The molecule has 0 radical (unpaired) electrons. The molecule has 17 heavy (non-hydrogen) atoms. The van der Waals surface area contributed by atoms with Crippen LogP contribution >= 0.6 is 0 Å². The third-order valence-electron chi connectivity index (χ3n) is 2.67. The van der Waals surface area contributed by atoms with Gasteiger partial charge < -0.3 is 15.2 Å². The molecule has 1 heterocycles. The summed E-state index contributed by atoms with van der Waals surface area (Å²) in [7, 11) is 1.92. The molecular weight excluding hydrogens is 216 g/mol. The van der Waals surface area contributed by atoms with E-state index in [1.807, 2.05) is 43.1 Å². The number of benzene rings is 1. The van der Waals surface area contributed by atoms with E-state index < -0.39 is 0 Å². The van der Waals surface area contributed by atoms with Gasteiger partial charge in [0.1, 0.15) is 0 Å². The Hall–Kier alpha value is -1.88. The zero-order valence-corrected chi connectivity index (χ0v) is 10.1. The zero-order chi connectivity index (χ0) is 12.3. The third-order valence-corrected chi connectivity index (χ3v) is 2.67. The molecule has 90 valence electrons. The molecule has 0 saturated heterocycles. The van der Waals surface area contributed by atoms with Gasteiger partial charge in [-0.15, -0.1) is 0 Å². The van der Waals surface area contributed by atoms with E-state index in [-0.39, 0.29) is 0 Å². The van der Waals surface area contributed by atoms with Crippen molar-refractivity contribution in [2.75, 3.05) is 18.5 Å². The molecule has 0 aliphatic rings. The SMILES string of the molecule is CCN(C)c1noc(-c2ccc(CN)cc2)n1. The van der Waals surface area contributed by atoms with Crippen LogP contribution in [-0.2, 0) is 6.54 Å². The maximum Gasteiger partial charge on any atom is 0.266 e. The van der Waals surface area contributed by atoms with E-state index in [0.717, 1.165) is 17.7 Å². The van der Waals surface area contributed by atoms with Crippen LogP contribution in [0.4, 0.5) is 5.95 Å². The predicted octanol–water partition coefficient (Wildman–Crippen LogP) is 1.65. The minimum Gasteiger partial charge on any atom is -0.342 e. The van der Waals surface area contributed by atoms with Gasteiger partial charge in [0.25, 0.3) is 11.8 Å². The van der Waals surface area contributed by atoms with Crippen LogP contribution in [-0.4, -0.2) is 23.7 Å². The summed E-state index contributed by atoms with van der Waals surface area (Å²) in [6.45, 7) is 3.41. The Morgan fingerprint density at radius 1 is 1.29 bits per heavy atom. The largest absolute Gasteiger partial charge is 0.342 e. The standard InChI is InChI=1S/C12H16N4O/c1-3-16(2)12-14-11(17-15-12)10-6-4-9(8-13)5-7-10/h4-7H,3,8,13H2,1-2H3. The maximum absolute atomic E-state index is 5.54. The molecule has 0 amide bonds. The number of rotatable bonds is 4. The summed E-state index contributed by atoms with van der Waals surface area (Å²) in [5.41, 5.74) is 7.53. The Morgan fingerprint density at radius 3 is 2.59 bits per heavy atom. The Morgan fingerprint density at radius 2 is 2.00 bits per heavy atom. The van der Waals surface area contributed by atoms with Gasteiger partial charge in [-0.1, -0.05) is 12.1 Å². The first kappa shape index (κ1) is 11.6. The third kappa shape index (κ3) is 2.45. The monoisotopic (exact) mass is 232 g/mol. The summed E-state index contributed by atoms with van der Waals surface area (Å²) >= 11 is 0. The molecule has 1 aromatic heterocycles. The zero-order valence-electron chi connectivity index (χ0n) is 10.1. The Balaban J connectivity index is 2.24. The molecule has 0 saturated carbocycles. The number of nitrogens with two attached hydrogens (primary N) is 1. The topological polar surface area (TPSA) is 68.2 Å². The van der Waals surface area contributed by atoms with Crippen LogP contribution in [0.25, 0.3) is 11.5 Å². The van der Waals surface area contributed by atoms with E-state index >= 15 is 0 Å². The van der Waals surface area contributed by atoms with Crippen LogP contribution in [0.15, 0.2) is 28.8 Å². The molecule has 0 atom stereocenters. The van der Waals surface area contributed by atoms with Crippen molar-refractivity contribution in [3.63, 3.8) is 0 Å².